The molecule has 31 heavy (non-hydrogen) atoms. The molecule has 2 N–H and O–H groups in total. The zero-order valence-corrected chi connectivity index (χ0v) is 18.6. The van der Waals surface area contributed by atoms with Gasteiger partial charge in [0, 0.05) is 44.6 Å². The first-order valence-corrected chi connectivity index (χ1v) is 11.7. The minimum Gasteiger partial charge on any atom is -0.379 e. The molecule has 2 aromatic rings. The maximum Gasteiger partial charge on any atom is 0.250 e. The molecule has 0 spiro atoms. The van der Waals surface area contributed by atoms with Crippen molar-refractivity contribution in [2.24, 2.45) is 0 Å². The molecule has 1 aromatic heterocycles. The number of nitrogens with zero attached hydrogens (tertiary/aromatic N) is 3. The van der Waals surface area contributed by atoms with Crippen molar-refractivity contribution < 1.29 is 17.9 Å². The molecule has 1 fully saturated rings. The molecule has 0 atom stereocenters. The fourth-order valence-corrected chi connectivity index (χ4v) is 4.55. The molecule has 1 saturated heterocycles. The summed E-state index contributed by atoms with van der Waals surface area (Å²) < 4.78 is 33.8. The standard InChI is InChI=1S/C20H25N5O4S2/c26-19(23-20(30)22-8-1-10-24-11-9-21-16-24)7-4-17-2-5-18(6-3-17)31(27,28)25-12-14-29-15-13-25/h2-7,9,11,16H,1,8,10,12-15H2,(H2,22,23,26,30). The molecular weight excluding hydrogens is 438 g/mol. The molecule has 0 unspecified atom stereocenters. The number of sulfonamides is 1. The fourth-order valence-electron chi connectivity index (χ4n) is 2.94. The first-order valence-electron chi connectivity index (χ1n) is 9.86. The highest BCUT2D eigenvalue weighted by atomic mass is 32.2. The smallest absolute Gasteiger partial charge is 0.250 e. The molecule has 11 heteroatoms. The summed E-state index contributed by atoms with van der Waals surface area (Å²) >= 11 is 5.12. The van der Waals surface area contributed by atoms with Gasteiger partial charge in [-0.25, -0.2) is 13.4 Å². The van der Waals surface area contributed by atoms with Gasteiger partial charge in [0.15, 0.2) is 5.11 Å². The van der Waals surface area contributed by atoms with E-state index in [0.29, 0.717) is 38.4 Å². The maximum atomic E-state index is 12.6. The van der Waals surface area contributed by atoms with Gasteiger partial charge in [-0.15, -0.1) is 0 Å². The number of amides is 1. The maximum absolute atomic E-state index is 12.6. The Balaban J connectivity index is 1.44. The van der Waals surface area contributed by atoms with Gasteiger partial charge in [0.1, 0.15) is 0 Å². The van der Waals surface area contributed by atoms with Gasteiger partial charge in [-0.3, -0.25) is 10.1 Å². The van der Waals surface area contributed by atoms with E-state index in [2.05, 4.69) is 15.6 Å². The molecule has 1 aromatic carbocycles. The predicted octanol–water partition coefficient (Wildman–Crippen LogP) is 0.998. The van der Waals surface area contributed by atoms with E-state index >= 15 is 0 Å². The van der Waals surface area contributed by atoms with Crippen LogP contribution in [0.1, 0.15) is 12.0 Å². The van der Waals surface area contributed by atoms with Crippen LogP contribution in [0.25, 0.3) is 6.08 Å². The molecule has 0 saturated carbocycles. The third-order valence-corrected chi connectivity index (χ3v) is 6.75. The first-order chi connectivity index (χ1) is 14.9. The van der Waals surface area contributed by atoms with Crippen LogP contribution in [0, 0.1) is 0 Å². The van der Waals surface area contributed by atoms with Crippen molar-refractivity contribution in [2.75, 3.05) is 32.8 Å². The number of benzene rings is 1. The summed E-state index contributed by atoms with van der Waals surface area (Å²) in [4.78, 5) is 16.2. The van der Waals surface area contributed by atoms with Gasteiger partial charge < -0.3 is 14.6 Å². The van der Waals surface area contributed by atoms with Crippen molar-refractivity contribution in [1.82, 2.24) is 24.5 Å². The van der Waals surface area contributed by atoms with Gasteiger partial charge in [-0.05, 0) is 42.4 Å². The van der Waals surface area contributed by atoms with Gasteiger partial charge in [0.2, 0.25) is 15.9 Å². The van der Waals surface area contributed by atoms with Crippen molar-refractivity contribution in [3.8, 4) is 0 Å². The van der Waals surface area contributed by atoms with Gasteiger partial charge in [-0.2, -0.15) is 4.31 Å². The van der Waals surface area contributed by atoms with Gasteiger partial charge >= 0.3 is 0 Å². The SMILES string of the molecule is O=C(C=Cc1ccc(S(=O)(=O)N2CCOCC2)cc1)NC(=S)NCCCn1ccnc1. The van der Waals surface area contributed by atoms with Gasteiger partial charge in [0.05, 0.1) is 24.4 Å². The third-order valence-electron chi connectivity index (χ3n) is 4.59. The van der Waals surface area contributed by atoms with Crippen LogP contribution in [0.2, 0.25) is 0 Å². The molecule has 0 bridgehead atoms. The fraction of sp³-hybridized carbons (Fsp3) is 0.350. The minimum absolute atomic E-state index is 0.220. The number of aromatic nitrogens is 2. The van der Waals surface area contributed by atoms with Crippen LogP contribution in [0.5, 0.6) is 0 Å². The zero-order valence-electron chi connectivity index (χ0n) is 16.9. The average Bonchev–Trinajstić information content (AvgIpc) is 3.30. The Morgan fingerprint density at radius 1 is 1.23 bits per heavy atom. The van der Waals surface area contributed by atoms with E-state index in [1.54, 1.807) is 30.7 Å². The number of carbonyl (C=O) groups excluding carboxylic acids is 1. The summed E-state index contributed by atoms with van der Waals surface area (Å²) in [5.41, 5.74) is 0.704. The van der Waals surface area contributed by atoms with Crippen LogP contribution in [0.4, 0.5) is 0 Å². The molecule has 166 valence electrons. The van der Waals surface area contributed by atoms with Crippen LogP contribution in [0.15, 0.2) is 54.0 Å². The summed E-state index contributed by atoms with van der Waals surface area (Å²) in [5, 5.41) is 5.82. The number of nitrogens with one attached hydrogen (secondary N) is 2. The number of ether oxygens (including phenoxy) is 1. The number of carbonyl (C=O) groups is 1. The highest BCUT2D eigenvalue weighted by Gasteiger charge is 2.25. The van der Waals surface area contributed by atoms with Crippen molar-refractivity contribution in [1.29, 1.82) is 0 Å². The summed E-state index contributed by atoms with van der Waals surface area (Å²) in [5.74, 6) is -0.364. The van der Waals surface area contributed by atoms with E-state index in [1.807, 2.05) is 10.8 Å². The summed E-state index contributed by atoms with van der Waals surface area (Å²) in [6, 6.07) is 6.39. The second kappa shape index (κ2) is 11.1. The van der Waals surface area contributed by atoms with E-state index in [0.717, 1.165) is 13.0 Å². The number of hydrogen-bond donors (Lipinski definition) is 2. The van der Waals surface area contributed by atoms with Gasteiger partial charge in [-0.1, -0.05) is 12.1 Å². The molecule has 1 aliphatic heterocycles. The summed E-state index contributed by atoms with van der Waals surface area (Å²) in [6.07, 6.45) is 9.14. The number of morpholine rings is 1. The lowest BCUT2D eigenvalue weighted by atomic mass is 10.2. The van der Waals surface area contributed by atoms with E-state index in [1.165, 1.54) is 22.5 Å². The predicted molar refractivity (Wildman–Crippen MR) is 121 cm³/mol. The Kier molecular flexibility index (Phi) is 8.29. The summed E-state index contributed by atoms with van der Waals surface area (Å²) in [6.45, 7) is 2.93. The number of rotatable bonds is 8. The number of aryl methyl sites for hydroxylation is 1. The topological polar surface area (TPSA) is 106 Å². The van der Waals surface area contributed by atoms with Crippen LogP contribution in [0.3, 0.4) is 0 Å². The van der Waals surface area contributed by atoms with Crippen LogP contribution < -0.4 is 10.6 Å². The zero-order chi connectivity index (χ0) is 22.1. The van der Waals surface area contributed by atoms with Crippen molar-refractivity contribution in [3.05, 3.63) is 54.6 Å². The van der Waals surface area contributed by atoms with Crippen molar-refractivity contribution in [3.63, 3.8) is 0 Å². The Morgan fingerprint density at radius 2 is 1.97 bits per heavy atom. The molecule has 0 aliphatic carbocycles. The molecule has 1 amide bonds. The lowest BCUT2D eigenvalue weighted by molar-refractivity contribution is -0.115. The van der Waals surface area contributed by atoms with Crippen LogP contribution in [-0.2, 0) is 26.1 Å². The second-order valence-corrected chi connectivity index (χ2v) is 9.16. The normalized spacial score (nSPS) is 15.1. The summed E-state index contributed by atoms with van der Waals surface area (Å²) in [7, 11) is -3.53. The van der Waals surface area contributed by atoms with Crippen LogP contribution in [-0.4, -0.2) is 66.1 Å². The third kappa shape index (κ3) is 6.96. The minimum atomic E-state index is -3.53. The van der Waals surface area contributed by atoms with E-state index in [9.17, 15) is 13.2 Å². The Labute approximate surface area is 187 Å². The molecule has 2 heterocycles. The van der Waals surface area contributed by atoms with Gasteiger partial charge in [0.25, 0.3) is 0 Å². The Bertz CT molecular complexity index is 999. The molecule has 1 aliphatic rings. The molecular formula is C20H25N5O4S2. The molecule has 0 radical (unpaired) electrons. The monoisotopic (exact) mass is 463 g/mol. The average molecular weight is 464 g/mol. The Morgan fingerprint density at radius 3 is 2.65 bits per heavy atom. The molecule has 9 nitrogen and oxygen atoms in total. The highest BCUT2D eigenvalue weighted by molar-refractivity contribution is 7.89. The lowest BCUT2D eigenvalue weighted by Gasteiger charge is -2.26. The number of thiocarbonyl (C=S) groups is 1. The quantitative estimate of drug-likeness (QED) is 0.342. The van der Waals surface area contributed by atoms with E-state index < -0.39 is 10.0 Å². The number of imidazole rings is 1. The number of hydrogen-bond acceptors (Lipinski definition) is 6. The van der Waals surface area contributed by atoms with Crippen LogP contribution >= 0.6 is 12.2 Å². The first kappa shape index (κ1) is 23.1. The van der Waals surface area contributed by atoms with E-state index in [-0.39, 0.29) is 15.9 Å². The molecule has 3 rings (SSSR count). The van der Waals surface area contributed by atoms with Crippen molar-refractivity contribution >= 4 is 39.3 Å². The highest BCUT2D eigenvalue weighted by Crippen LogP contribution is 2.18. The Hall–Kier alpha value is -2.60. The lowest BCUT2D eigenvalue weighted by Crippen LogP contribution is -2.40. The van der Waals surface area contributed by atoms with Crippen molar-refractivity contribution in [2.45, 2.75) is 17.9 Å². The largest absolute Gasteiger partial charge is 0.379 e. The van der Waals surface area contributed by atoms with E-state index in [4.69, 9.17) is 17.0 Å². The second-order valence-electron chi connectivity index (χ2n) is 6.82.